The monoisotopic (exact) mass is 212 g/mol. The molecule has 2 rings (SSSR count). The molecule has 0 aromatic carbocycles. The van der Waals surface area contributed by atoms with Gasteiger partial charge >= 0.3 is 0 Å². The Balaban J connectivity index is 1.95. The van der Waals surface area contributed by atoms with Gasteiger partial charge in [0.1, 0.15) is 17.3 Å². The molecule has 0 unspecified atom stereocenters. The number of anilines is 1. The normalized spacial score (nSPS) is 18.1. The number of hydrogen-bond acceptors (Lipinski definition) is 4. The van der Waals surface area contributed by atoms with E-state index in [1.807, 2.05) is 0 Å². The van der Waals surface area contributed by atoms with Crippen molar-refractivity contribution in [1.82, 2.24) is 15.0 Å². The topological polar surface area (TPSA) is 41.0 Å². The molecule has 1 saturated heterocycles. The molecular formula is C9H13ClN4. The molecule has 0 saturated carbocycles. The molecule has 0 bridgehead atoms. The number of nitrogens with zero attached hydrogens (tertiary/aromatic N) is 3. The summed E-state index contributed by atoms with van der Waals surface area (Å²) in [7, 11) is 0. The molecule has 0 amide bonds. The van der Waals surface area contributed by atoms with Crippen LogP contribution in [-0.2, 0) is 0 Å². The van der Waals surface area contributed by atoms with Gasteiger partial charge < -0.3 is 5.43 Å². The van der Waals surface area contributed by atoms with Gasteiger partial charge in [-0.3, -0.25) is 0 Å². The fraction of sp³-hybridized carbons (Fsp3) is 0.556. The average molecular weight is 213 g/mol. The summed E-state index contributed by atoms with van der Waals surface area (Å²) in [6.07, 6.45) is 5.27. The first-order chi connectivity index (χ1) is 6.84. The Morgan fingerprint density at radius 2 is 2.00 bits per heavy atom. The van der Waals surface area contributed by atoms with Crippen molar-refractivity contribution in [2.24, 2.45) is 0 Å². The molecule has 4 nitrogen and oxygen atoms in total. The van der Waals surface area contributed by atoms with Crippen molar-refractivity contribution in [1.29, 1.82) is 0 Å². The Hall–Kier alpha value is -0.870. The maximum Gasteiger partial charge on any atom is 0.145 e. The van der Waals surface area contributed by atoms with Gasteiger partial charge in [-0.25, -0.2) is 15.0 Å². The van der Waals surface area contributed by atoms with Gasteiger partial charge in [0.2, 0.25) is 0 Å². The number of hydrogen-bond donors (Lipinski definition) is 1. The summed E-state index contributed by atoms with van der Waals surface area (Å²) in [5.74, 6) is 0.770. The maximum absolute atomic E-state index is 5.75. The van der Waals surface area contributed by atoms with Crippen LogP contribution in [0.3, 0.4) is 0 Å². The zero-order valence-corrected chi connectivity index (χ0v) is 8.67. The second-order valence-corrected chi connectivity index (χ2v) is 3.77. The molecular weight excluding hydrogens is 200 g/mol. The number of hydrazine groups is 1. The van der Waals surface area contributed by atoms with Crippen LogP contribution in [0.1, 0.15) is 19.3 Å². The molecule has 1 N–H and O–H groups in total. The van der Waals surface area contributed by atoms with E-state index in [2.05, 4.69) is 20.4 Å². The van der Waals surface area contributed by atoms with E-state index in [-0.39, 0.29) is 0 Å². The lowest BCUT2D eigenvalue weighted by Gasteiger charge is -2.27. The predicted molar refractivity (Wildman–Crippen MR) is 56.1 cm³/mol. The zero-order valence-electron chi connectivity index (χ0n) is 7.91. The molecule has 1 aromatic rings. The quantitative estimate of drug-likeness (QED) is 0.761. The van der Waals surface area contributed by atoms with Crippen LogP contribution >= 0.6 is 11.6 Å². The van der Waals surface area contributed by atoms with Crippen molar-refractivity contribution in [2.45, 2.75) is 19.3 Å². The van der Waals surface area contributed by atoms with Gasteiger partial charge in [0.25, 0.3) is 0 Å². The predicted octanol–water partition coefficient (Wildman–Crippen LogP) is 1.94. The Morgan fingerprint density at radius 1 is 1.21 bits per heavy atom. The van der Waals surface area contributed by atoms with Crippen molar-refractivity contribution in [3.8, 4) is 0 Å². The Morgan fingerprint density at radius 3 is 2.71 bits per heavy atom. The van der Waals surface area contributed by atoms with Gasteiger partial charge in [-0.05, 0) is 12.8 Å². The van der Waals surface area contributed by atoms with Gasteiger partial charge in [0.05, 0.1) is 0 Å². The third kappa shape index (κ3) is 2.56. The highest BCUT2D eigenvalue weighted by molar-refractivity contribution is 6.29. The van der Waals surface area contributed by atoms with Gasteiger partial charge in [-0.15, -0.1) is 0 Å². The maximum atomic E-state index is 5.75. The summed E-state index contributed by atoms with van der Waals surface area (Å²) < 4.78 is 0. The summed E-state index contributed by atoms with van der Waals surface area (Å²) in [5, 5.41) is 2.64. The summed E-state index contributed by atoms with van der Waals surface area (Å²) in [5.41, 5.74) is 3.22. The van der Waals surface area contributed by atoms with Gasteiger partial charge in [-0.2, -0.15) is 0 Å². The summed E-state index contributed by atoms with van der Waals surface area (Å²) in [6.45, 7) is 2.14. The smallest absolute Gasteiger partial charge is 0.145 e. The van der Waals surface area contributed by atoms with Gasteiger partial charge in [-0.1, -0.05) is 18.0 Å². The molecule has 0 aliphatic carbocycles. The SMILES string of the molecule is Clc1cc(NN2CCCCC2)ncn1. The molecule has 5 heteroatoms. The molecule has 0 radical (unpaired) electrons. The molecule has 76 valence electrons. The highest BCUT2D eigenvalue weighted by Crippen LogP contribution is 2.13. The minimum Gasteiger partial charge on any atom is -0.303 e. The van der Waals surface area contributed by atoms with E-state index >= 15 is 0 Å². The fourth-order valence-corrected chi connectivity index (χ4v) is 1.71. The lowest BCUT2D eigenvalue weighted by atomic mass is 10.2. The number of piperidine rings is 1. The van der Waals surface area contributed by atoms with Crippen LogP contribution in [0.5, 0.6) is 0 Å². The first-order valence-corrected chi connectivity index (χ1v) is 5.21. The van der Waals surface area contributed by atoms with E-state index < -0.39 is 0 Å². The largest absolute Gasteiger partial charge is 0.303 e. The number of aromatic nitrogens is 2. The van der Waals surface area contributed by atoms with Crippen molar-refractivity contribution in [3.63, 3.8) is 0 Å². The third-order valence-electron chi connectivity index (χ3n) is 2.26. The van der Waals surface area contributed by atoms with Crippen LogP contribution in [0.15, 0.2) is 12.4 Å². The van der Waals surface area contributed by atoms with E-state index in [4.69, 9.17) is 11.6 Å². The summed E-state index contributed by atoms with van der Waals surface area (Å²) in [4.78, 5) is 7.91. The van der Waals surface area contributed by atoms with Crippen LogP contribution in [0.2, 0.25) is 5.15 Å². The standard InChI is InChI=1S/C9H13ClN4/c10-8-6-9(12-7-11-8)13-14-4-2-1-3-5-14/h6-7H,1-5H2,(H,11,12,13). The molecule has 1 fully saturated rings. The Kier molecular flexibility index (Phi) is 3.16. The molecule has 1 aromatic heterocycles. The fourth-order valence-electron chi connectivity index (χ4n) is 1.56. The summed E-state index contributed by atoms with van der Waals surface area (Å²) >= 11 is 5.75. The number of halogens is 1. The lowest BCUT2D eigenvalue weighted by molar-refractivity contribution is 0.272. The lowest BCUT2D eigenvalue weighted by Crippen LogP contribution is -2.35. The second kappa shape index (κ2) is 4.57. The number of rotatable bonds is 2. The van der Waals surface area contributed by atoms with Gasteiger partial charge in [0.15, 0.2) is 0 Å². The Bertz CT molecular complexity index is 299. The zero-order chi connectivity index (χ0) is 9.80. The van der Waals surface area contributed by atoms with Crippen molar-refractivity contribution in [2.75, 3.05) is 18.5 Å². The molecule has 0 atom stereocenters. The van der Waals surface area contributed by atoms with Crippen LogP contribution in [0.4, 0.5) is 5.82 Å². The highest BCUT2D eigenvalue weighted by Gasteiger charge is 2.09. The van der Waals surface area contributed by atoms with E-state index in [0.717, 1.165) is 18.9 Å². The second-order valence-electron chi connectivity index (χ2n) is 3.39. The minimum absolute atomic E-state index is 0.472. The van der Waals surface area contributed by atoms with Gasteiger partial charge in [0, 0.05) is 19.2 Å². The molecule has 1 aliphatic rings. The van der Waals surface area contributed by atoms with E-state index in [1.54, 1.807) is 6.07 Å². The van der Waals surface area contributed by atoms with Crippen molar-refractivity contribution < 1.29 is 0 Å². The first-order valence-electron chi connectivity index (χ1n) is 4.84. The number of nitrogens with one attached hydrogen (secondary N) is 1. The van der Waals surface area contributed by atoms with Crippen molar-refractivity contribution >= 4 is 17.4 Å². The van der Waals surface area contributed by atoms with Crippen LogP contribution in [-0.4, -0.2) is 28.1 Å². The van der Waals surface area contributed by atoms with Crippen molar-refractivity contribution in [3.05, 3.63) is 17.5 Å². The molecule has 2 heterocycles. The van der Waals surface area contributed by atoms with E-state index in [1.165, 1.54) is 25.6 Å². The molecule has 1 aliphatic heterocycles. The summed E-state index contributed by atoms with van der Waals surface area (Å²) in [6, 6.07) is 1.73. The average Bonchev–Trinajstić information content (AvgIpc) is 2.19. The molecule has 14 heavy (non-hydrogen) atoms. The van der Waals surface area contributed by atoms with E-state index in [0.29, 0.717) is 5.15 Å². The Labute approximate surface area is 88.3 Å². The van der Waals surface area contributed by atoms with Crippen LogP contribution in [0, 0.1) is 0 Å². The molecule has 0 spiro atoms. The van der Waals surface area contributed by atoms with E-state index in [9.17, 15) is 0 Å². The minimum atomic E-state index is 0.472. The third-order valence-corrected chi connectivity index (χ3v) is 2.47. The first kappa shape index (κ1) is 9.68. The highest BCUT2D eigenvalue weighted by atomic mass is 35.5. The van der Waals surface area contributed by atoms with Crippen LogP contribution in [0.25, 0.3) is 0 Å². The van der Waals surface area contributed by atoms with Crippen LogP contribution < -0.4 is 5.43 Å².